The molecule has 3 heterocycles. The van der Waals surface area contributed by atoms with Crippen molar-refractivity contribution < 1.29 is 18.7 Å². The Bertz CT molecular complexity index is 1470. The molecule has 1 aromatic heterocycles. The molecule has 3 aliphatic rings. The third kappa shape index (κ3) is 7.64. The van der Waals surface area contributed by atoms with E-state index in [4.69, 9.17) is 9.72 Å². The van der Waals surface area contributed by atoms with Gasteiger partial charge in [-0.3, -0.25) is 9.69 Å². The lowest BCUT2D eigenvalue weighted by Crippen LogP contribution is -2.55. The number of fused-ring (bicyclic) bond motifs is 1. The standard InChI is InChI=1S/C36H46FN5O3/c1-25(26-11-5-2-6-12-26)39-36(44)45-34-29-23-28(37)15-16-31(29)40-33(27-13-7-3-8-14-27)30(34)24-42-22-18-38-35(43)32(42)17-21-41-19-9-4-10-20-41/h3,7-8,13-16,23,25-26,32H,2,4-6,9-12,17-22,24H2,1H3,(H,38,43)(H,39,44)/t25-,32?/m0/s1. The van der Waals surface area contributed by atoms with E-state index in [-0.39, 0.29) is 18.0 Å². The molecule has 1 saturated carbocycles. The van der Waals surface area contributed by atoms with Crippen molar-refractivity contribution in [1.82, 2.24) is 25.4 Å². The van der Waals surface area contributed by atoms with Gasteiger partial charge in [-0.15, -0.1) is 0 Å². The van der Waals surface area contributed by atoms with E-state index < -0.39 is 11.9 Å². The number of carbonyl (C=O) groups is 2. The minimum Gasteiger partial charge on any atom is -0.409 e. The van der Waals surface area contributed by atoms with Crippen molar-refractivity contribution in [2.75, 3.05) is 32.7 Å². The van der Waals surface area contributed by atoms with Crippen LogP contribution in [0.2, 0.25) is 0 Å². The van der Waals surface area contributed by atoms with Gasteiger partial charge in [-0.2, -0.15) is 0 Å². The van der Waals surface area contributed by atoms with Crippen molar-refractivity contribution in [3.05, 3.63) is 59.9 Å². The number of nitrogens with zero attached hydrogens (tertiary/aromatic N) is 3. The van der Waals surface area contributed by atoms with Crippen LogP contribution in [-0.4, -0.2) is 71.6 Å². The Labute approximate surface area is 265 Å². The van der Waals surface area contributed by atoms with Gasteiger partial charge in [0.2, 0.25) is 5.91 Å². The van der Waals surface area contributed by atoms with Crippen LogP contribution in [0.25, 0.3) is 22.2 Å². The van der Waals surface area contributed by atoms with Crippen LogP contribution in [0.5, 0.6) is 5.75 Å². The van der Waals surface area contributed by atoms with Crippen molar-refractivity contribution in [2.45, 2.75) is 83.3 Å². The number of hydrogen-bond acceptors (Lipinski definition) is 6. The molecule has 0 bridgehead atoms. The molecule has 0 radical (unpaired) electrons. The van der Waals surface area contributed by atoms with Crippen LogP contribution in [-0.2, 0) is 11.3 Å². The molecule has 2 aliphatic heterocycles. The van der Waals surface area contributed by atoms with E-state index in [9.17, 15) is 14.0 Å². The maximum atomic E-state index is 14.8. The fourth-order valence-corrected chi connectivity index (χ4v) is 7.36. The third-order valence-electron chi connectivity index (χ3n) is 9.91. The maximum absolute atomic E-state index is 14.8. The van der Waals surface area contributed by atoms with Gasteiger partial charge in [0.1, 0.15) is 11.6 Å². The molecule has 3 aromatic rings. The van der Waals surface area contributed by atoms with Crippen molar-refractivity contribution in [1.29, 1.82) is 0 Å². The number of piperazine rings is 1. The first-order valence-electron chi connectivity index (χ1n) is 16.9. The lowest BCUT2D eigenvalue weighted by molar-refractivity contribution is -0.129. The van der Waals surface area contributed by atoms with E-state index in [0.29, 0.717) is 59.9 Å². The van der Waals surface area contributed by atoms with E-state index in [2.05, 4.69) is 20.4 Å². The van der Waals surface area contributed by atoms with Gasteiger partial charge in [0, 0.05) is 48.7 Å². The molecule has 2 amide bonds. The van der Waals surface area contributed by atoms with E-state index in [1.54, 1.807) is 6.07 Å². The van der Waals surface area contributed by atoms with Gasteiger partial charge >= 0.3 is 6.09 Å². The first-order valence-corrected chi connectivity index (χ1v) is 16.9. The summed E-state index contributed by atoms with van der Waals surface area (Å²) >= 11 is 0. The maximum Gasteiger partial charge on any atom is 0.412 e. The fraction of sp³-hybridized carbons (Fsp3) is 0.528. The number of aromatic nitrogens is 1. The predicted octanol–water partition coefficient (Wildman–Crippen LogP) is 6.27. The highest BCUT2D eigenvalue weighted by molar-refractivity contribution is 5.92. The fourth-order valence-electron chi connectivity index (χ4n) is 7.36. The average Bonchev–Trinajstić information content (AvgIpc) is 3.06. The third-order valence-corrected chi connectivity index (χ3v) is 9.91. The molecule has 3 fully saturated rings. The Kier molecular flexibility index (Phi) is 10.3. The Morgan fingerprint density at radius 3 is 2.58 bits per heavy atom. The Morgan fingerprint density at radius 2 is 1.80 bits per heavy atom. The smallest absolute Gasteiger partial charge is 0.409 e. The molecule has 2 atom stereocenters. The molecule has 2 aromatic carbocycles. The van der Waals surface area contributed by atoms with Gasteiger partial charge in [-0.05, 0) is 76.2 Å². The zero-order chi connectivity index (χ0) is 31.2. The largest absolute Gasteiger partial charge is 0.412 e. The molecule has 8 nitrogen and oxygen atoms in total. The van der Waals surface area contributed by atoms with Crippen LogP contribution >= 0.6 is 0 Å². The molecule has 1 unspecified atom stereocenters. The molecule has 45 heavy (non-hydrogen) atoms. The highest BCUT2D eigenvalue weighted by atomic mass is 19.1. The van der Waals surface area contributed by atoms with Crippen molar-refractivity contribution in [3.8, 4) is 17.0 Å². The second-order valence-corrected chi connectivity index (χ2v) is 13.0. The summed E-state index contributed by atoms with van der Waals surface area (Å²) in [6.07, 6.45) is 9.57. The summed E-state index contributed by atoms with van der Waals surface area (Å²) in [5.74, 6) is 0.290. The van der Waals surface area contributed by atoms with Gasteiger partial charge in [0.25, 0.3) is 0 Å². The summed E-state index contributed by atoms with van der Waals surface area (Å²) in [7, 11) is 0. The van der Waals surface area contributed by atoms with Crippen LogP contribution < -0.4 is 15.4 Å². The van der Waals surface area contributed by atoms with E-state index in [1.807, 2.05) is 37.3 Å². The van der Waals surface area contributed by atoms with Gasteiger partial charge in [-0.1, -0.05) is 56.0 Å². The quantitative estimate of drug-likeness (QED) is 0.295. The average molecular weight is 616 g/mol. The van der Waals surface area contributed by atoms with Crippen molar-refractivity contribution in [2.24, 2.45) is 5.92 Å². The van der Waals surface area contributed by atoms with Crippen molar-refractivity contribution in [3.63, 3.8) is 0 Å². The number of rotatable bonds is 9. The zero-order valence-corrected chi connectivity index (χ0v) is 26.4. The molecule has 9 heteroatoms. The Hall–Kier alpha value is -3.56. The molecular formula is C36H46FN5O3. The minimum atomic E-state index is -0.553. The van der Waals surface area contributed by atoms with Crippen LogP contribution in [0.15, 0.2) is 48.5 Å². The normalized spacial score (nSPS) is 20.9. The number of piperidine rings is 1. The molecule has 6 rings (SSSR count). The number of amides is 2. The lowest BCUT2D eigenvalue weighted by Gasteiger charge is -2.37. The molecular weight excluding hydrogens is 569 g/mol. The van der Waals surface area contributed by atoms with E-state index in [1.165, 1.54) is 50.7 Å². The summed E-state index contributed by atoms with van der Waals surface area (Å²) in [6, 6.07) is 13.8. The number of hydrogen-bond donors (Lipinski definition) is 2. The Balaban J connectivity index is 1.36. The number of carbonyl (C=O) groups excluding carboxylic acids is 2. The number of halogens is 1. The molecule has 2 saturated heterocycles. The number of pyridine rings is 1. The van der Waals surface area contributed by atoms with Gasteiger partial charge in [0.15, 0.2) is 0 Å². The Morgan fingerprint density at radius 1 is 1.04 bits per heavy atom. The van der Waals surface area contributed by atoms with E-state index >= 15 is 0 Å². The molecule has 2 N–H and O–H groups in total. The highest BCUT2D eigenvalue weighted by Gasteiger charge is 2.33. The van der Waals surface area contributed by atoms with Gasteiger partial charge in [-0.25, -0.2) is 14.2 Å². The van der Waals surface area contributed by atoms with Crippen LogP contribution in [0.3, 0.4) is 0 Å². The zero-order valence-electron chi connectivity index (χ0n) is 26.4. The first kappa shape index (κ1) is 31.4. The first-order chi connectivity index (χ1) is 22.0. The van der Waals surface area contributed by atoms with Gasteiger partial charge in [0.05, 0.1) is 17.3 Å². The summed E-state index contributed by atoms with van der Waals surface area (Å²) < 4.78 is 21.0. The van der Waals surface area contributed by atoms with Gasteiger partial charge < -0.3 is 20.3 Å². The van der Waals surface area contributed by atoms with Crippen LogP contribution in [0, 0.1) is 11.7 Å². The molecule has 240 valence electrons. The lowest BCUT2D eigenvalue weighted by atomic mass is 9.85. The van der Waals surface area contributed by atoms with Crippen LogP contribution in [0.4, 0.5) is 9.18 Å². The number of benzene rings is 2. The SMILES string of the molecule is C[C@H](NC(=O)Oc1c(CN2CCNC(=O)C2CCN2CCCCC2)c(-c2ccccc2)nc2ccc(F)cc12)C1CCCCC1. The number of likely N-dealkylation sites (tertiary alicyclic amines) is 1. The highest BCUT2D eigenvalue weighted by Crippen LogP contribution is 2.38. The monoisotopic (exact) mass is 615 g/mol. The number of nitrogens with one attached hydrogen (secondary N) is 2. The molecule has 0 spiro atoms. The topological polar surface area (TPSA) is 86.8 Å². The predicted molar refractivity (Wildman–Crippen MR) is 174 cm³/mol. The van der Waals surface area contributed by atoms with Crippen LogP contribution in [0.1, 0.15) is 70.3 Å². The second kappa shape index (κ2) is 14.7. The second-order valence-electron chi connectivity index (χ2n) is 13.0. The summed E-state index contributed by atoms with van der Waals surface area (Å²) in [5, 5.41) is 6.58. The molecule has 1 aliphatic carbocycles. The summed E-state index contributed by atoms with van der Waals surface area (Å²) in [5.41, 5.74) is 2.75. The minimum absolute atomic E-state index is 0.0147. The van der Waals surface area contributed by atoms with E-state index in [0.717, 1.165) is 38.0 Å². The summed E-state index contributed by atoms with van der Waals surface area (Å²) in [4.78, 5) is 36.5. The van der Waals surface area contributed by atoms with Crippen molar-refractivity contribution >= 4 is 22.9 Å². The number of ether oxygens (including phenoxy) is 1. The summed E-state index contributed by atoms with van der Waals surface area (Å²) in [6.45, 7) is 6.55.